The van der Waals surface area contributed by atoms with Gasteiger partial charge < -0.3 is 10.6 Å². The van der Waals surface area contributed by atoms with Crippen LogP contribution >= 0.6 is 0 Å². The van der Waals surface area contributed by atoms with Gasteiger partial charge in [-0.15, -0.1) is 0 Å². The number of hydrogen-bond acceptors (Lipinski definition) is 2. The number of carbonyl (C=O) groups excluding carboxylic acids is 1. The highest BCUT2D eigenvalue weighted by molar-refractivity contribution is 5.94. The van der Waals surface area contributed by atoms with Gasteiger partial charge in [-0.05, 0) is 67.7 Å². The van der Waals surface area contributed by atoms with E-state index >= 15 is 0 Å². The topological polar surface area (TPSA) is 46.3 Å². The predicted octanol–water partition coefficient (Wildman–Crippen LogP) is 3.70. The molecule has 21 heavy (non-hydrogen) atoms. The monoisotopic (exact) mass is 286 g/mol. The van der Waals surface area contributed by atoms with E-state index in [4.69, 9.17) is 5.73 Å². The molecular weight excluding hydrogens is 260 g/mol. The van der Waals surface area contributed by atoms with Gasteiger partial charge in [-0.1, -0.05) is 13.8 Å². The molecule has 3 rings (SSSR count). The number of nitrogen functional groups attached to an aromatic ring is 1. The number of nitrogens with two attached hydrogens (primary N) is 1. The van der Waals surface area contributed by atoms with Crippen LogP contribution in [-0.2, 0) is 0 Å². The van der Waals surface area contributed by atoms with Crippen LogP contribution in [0.5, 0.6) is 0 Å². The van der Waals surface area contributed by atoms with Crippen LogP contribution in [0.15, 0.2) is 24.3 Å². The summed E-state index contributed by atoms with van der Waals surface area (Å²) in [5.41, 5.74) is 7.64. The number of amides is 1. The van der Waals surface area contributed by atoms with E-state index in [0.29, 0.717) is 23.1 Å². The maximum Gasteiger partial charge on any atom is 0.254 e. The minimum Gasteiger partial charge on any atom is -0.399 e. The summed E-state index contributed by atoms with van der Waals surface area (Å²) in [6, 6.07) is 7.79. The average Bonchev–Trinajstić information content (AvgIpc) is 2.45. The number of nitrogens with zero attached hydrogens (tertiary/aromatic N) is 1. The third-order valence-electron chi connectivity index (χ3n) is 5.27. The van der Waals surface area contributed by atoms with Gasteiger partial charge >= 0.3 is 0 Å². The lowest BCUT2D eigenvalue weighted by Crippen LogP contribution is -2.51. The van der Waals surface area contributed by atoms with Gasteiger partial charge in [0, 0.05) is 23.8 Å². The molecular formula is C18H26N2O. The minimum atomic E-state index is 0.185. The molecule has 1 aliphatic carbocycles. The lowest BCUT2D eigenvalue weighted by atomic mass is 9.67. The third kappa shape index (κ3) is 2.92. The van der Waals surface area contributed by atoms with E-state index in [-0.39, 0.29) is 5.91 Å². The highest BCUT2D eigenvalue weighted by atomic mass is 16.2. The van der Waals surface area contributed by atoms with E-state index in [1.54, 1.807) is 0 Å². The number of benzene rings is 1. The number of likely N-dealkylation sites (tertiary alicyclic amines) is 1. The first-order chi connectivity index (χ1) is 9.96. The molecule has 1 saturated heterocycles. The zero-order valence-corrected chi connectivity index (χ0v) is 13.1. The maximum atomic E-state index is 12.8. The number of anilines is 1. The third-order valence-corrected chi connectivity index (χ3v) is 5.27. The minimum absolute atomic E-state index is 0.185. The van der Waals surface area contributed by atoms with Gasteiger partial charge in [0.2, 0.25) is 0 Å². The Kier molecular flexibility index (Phi) is 3.68. The Hall–Kier alpha value is -1.51. The van der Waals surface area contributed by atoms with Crippen molar-refractivity contribution in [2.45, 2.75) is 52.0 Å². The van der Waals surface area contributed by atoms with Crippen molar-refractivity contribution in [3.8, 4) is 0 Å². The van der Waals surface area contributed by atoms with E-state index in [0.717, 1.165) is 24.9 Å². The van der Waals surface area contributed by atoms with Crippen molar-refractivity contribution in [2.24, 2.45) is 11.3 Å². The van der Waals surface area contributed by atoms with Crippen LogP contribution < -0.4 is 5.73 Å². The van der Waals surface area contributed by atoms with Crippen LogP contribution in [0.1, 0.15) is 56.3 Å². The second-order valence-electron chi connectivity index (χ2n) is 7.50. The van der Waals surface area contributed by atoms with Crippen molar-refractivity contribution in [1.29, 1.82) is 0 Å². The number of piperidine rings is 1. The van der Waals surface area contributed by atoms with Crippen molar-refractivity contribution >= 4 is 11.6 Å². The molecule has 0 spiro atoms. The summed E-state index contributed by atoms with van der Waals surface area (Å²) in [7, 11) is 0. The number of rotatable bonds is 1. The normalized spacial score (nSPS) is 28.0. The Morgan fingerprint density at radius 1 is 1.24 bits per heavy atom. The van der Waals surface area contributed by atoms with Crippen LogP contribution in [0, 0.1) is 11.3 Å². The molecule has 3 heteroatoms. The Morgan fingerprint density at radius 2 is 1.95 bits per heavy atom. The van der Waals surface area contributed by atoms with Crippen molar-refractivity contribution in [2.75, 3.05) is 12.3 Å². The van der Waals surface area contributed by atoms with Crippen LogP contribution in [0.2, 0.25) is 0 Å². The molecule has 0 bridgehead atoms. The Labute approximate surface area is 127 Å². The highest BCUT2D eigenvalue weighted by Crippen LogP contribution is 2.44. The first-order valence-electron chi connectivity index (χ1n) is 8.13. The Balaban J connectivity index is 1.78. The van der Waals surface area contributed by atoms with E-state index in [2.05, 4.69) is 18.7 Å². The molecule has 0 radical (unpaired) electrons. The van der Waals surface area contributed by atoms with Crippen molar-refractivity contribution in [3.63, 3.8) is 0 Å². The summed E-state index contributed by atoms with van der Waals surface area (Å²) in [5.74, 6) is 0.865. The zero-order chi connectivity index (χ0) is 15.0. The van der Waals surface area contributed by atoms with Gasteiger partial charge in [0.05, 0.1) is 0 Å². The molecule has 1 saturated carbocycles. The van der Waals surface area contributed by atoms with Gasteiger partial charge in [-0.2, -0.15) is 0 Å². The fourth-order valence-electron chi connectivity index (χ4n) is 4.16. The zero-order valence-electron chi connectivity index (χ0n) is 13.1. The fraction of sp³-hybridized carbons (Fsp3) is 0.611. The molecule has 1 heterocycles. The second-order valence-corrected chi connectivity index (χ2v) is 7.50. The van der Waals surface area contributed by atoms with Crippen molar-refractivity contribution in [3.05, 3.63) is 29.8 Å². The Morgan fingerprint density at radius 3 is 2.67 bits per heavy atom. The fourth-order valence-corrected chi connectivity index (χ4v) is 4.16. The van der Waals surface area contributed by atoms with Gasteiger partial charge in [-0.25, -0.2) is 0 Å². The number of hydrogen-bond donors (Lipinski definition) is 1. The summed E-state index contributed by atoms with van der Waals surface area (Å²) in [6.07, 6.45) is 6.04. The smallest absolute Gasteiger partial charge is 0.254 e. The average molecular weight is 286 g/mol. The molecule has 1 amide bonds. The van der Waals surface area contributed by atoms with E-state index < -0.39 is 0 Å². The van der Waals surface area contributed by atoms with Crippen LogP contribution in [-0.4, -0.2) is 23.4 Å². The molecule has 2 atom stereocenters. The summed E-state index contributed by atoms with van der Waals surface area (Å²) in [5, 5.41) is 0. The summed E-state index contributed by atoms with van der Waals surface area (Å²) in [4.78, 5) is 14.9. The van der Waals surface area contributed by atoms with Crippen molar-refractivity contribution in [1.82, 2.24) is 4.90 Å². The first-order valence-corrected chi connectivity index (χ1v) is 8.13. The molecule has 2 N–H and O–H groups in total. The molecule has 2 fully saturated rings. The summed E-state index contributed by atoms with van der Waals surface area (Å²) >= 11 is 0. The lowest BCUT2D eigenvalue weighted by Gasteiger charge is -2.48. The van der Waals surface area contributed by atoms with Crippen LogP contribution in [0.4, 0.5) is 5.69 Å². The summed E-state index contributed by atoms with van der Waals surface area (Å²) in [6.45, 7) is 5.64. The highest BCUT2D eigenvalue weighted by Gasteiger charge is 2.41. The predicted molar refractivity (Wildman–Crippen MR) is 86.0 cm³/mol. The van der Waals surface area contributed by atoms with Gasteiger partial charge in [0.15, 0.2) is 0 Å². The molecule has 0 unspecified atom stereocenters. The van der Waals surface area contributed by atoms with Crippen molar-refractivity contribution < 1.29 is 4.79 Å². The second kappa shape index (κ2) is 5.36. The van der Waals surface area contributed by atoms with E-state index in [9.17, 15) is 4.79 Å². The van der Waals surface area contributed by atoms with Gasteiger partial charge in [0.1, 0.15) is 0 Å². The van der Waals surface area contributed by atoms with Gasteiger partial charge in [-0.3, -0.25) is 4.79 Å². The largest absolute Gasteiger partial charge is 0.399 e. The number of carbonyl (C=O) groups is 1. The van der Waals surface area contributed by atoms with Crippen LogP contribution in [0.25, 0.3) is 0 Å². The molecule has 3 nitrogen and oxygen atoms in total. The lowest BCUT2D eigenvalue weighted by molar-refractivity contribution is 0.0169. The molecule has 114 valence electrons. The number of fused-ring (bicyclic) bond motifs is 1. The molecule has 1 aliphatic heterocycles. The Bertz CT molecular complexity index is 521. The quantitative estimate of drug-likeness (QED) is 0.800. The van der Waals surface area contributed by atoms with Gasteiger partial charge in [0.25, 0.3) is 5.91 Å². The SMILES string of the molecule is CC1(C)CC[C@H]2[C@@H](CCCN2C(=O)c2ccc(N)cc2)C1. The molecule has 2 aliphatic rings. The molecule has 0 aromatic heterocycles. The van der Waals surface area contributed by atoms with E-state index in [1.165, 1.54) is 19.3 Å². The summed E-state index contributed by atoms with van der Waals surface area (Å²) < 4.78 is 0. The van der Waals surface area contributed by atoms with E-state index in [1.807, 2.05) is 24.3 Å². The molecule has 1 aromatic rings. The maximum absolute atomic E-state index is 12.8. The van der Waals surface area contributed by atoms with Crippen LogP contribution in [0.3, 0.4) is 0 Å². The standard InChI is InChI=1S/C18H26N2O/c1-18(2)10-9-16-14(12-18)4-3-11-20(16)17(21)13-5-7-15(19)8-6-13/h5-8,14,16H,3-4,9-12,19H2,1-2H3/t14-,16-/m0/s1. The molecule has 1 aromatic carbocycles. The first kappa shape index (κ1) is 14.4.